The van der Waals surface area contributed by atoms with Gasteiger partial charge in [0.2, 0.25) is 0 Å². The highest BCUT2D eigenvalue weighted by Crippen LogP contribution is 2.23. The van der Waals surface area contributed by atoms with E-state index in [-0.39, 0.29) is 5.75 Å². The van der Waals surface area contributed by atoms with Gasteiger partial charge < -0.3 is 10.3 Å². The molecule has 0 aromatic heterocycles. The molecule has 0 heterocycles. The van der Waals surface area contributed by atoms with Crippen LogP contribution in [0, 0.1) is 0 Å². The molecule has 3 nitrogen and oxygen atoms in total. The summed E-state index contributed by atoms with van der Waals surface area (Å²) >= 11 is 5.83. The molecule has 0 amide bonds. The Balaban J connectivity index is 2.51. The van der Waals surface area contributed by atoms with E-state index in [4.69, 9.17) is 11.6 Å². The standard InChI is InChI=1S/C15H14ClNO2/c1-2-10-3-8-14(18)13(9-10)15(17-19)11-4-6-12(16)7-5-11/h3-9,18-19H,2H2,1H3/b17-15-. The van der Waals surface area contributed by atoms with E-state index in [2.05, 4.69) is 5.16 Å². The summed E-state index contributed by atoms with van der Waals surface area (Å²) in [4.78, 5) is 0. The lowest BCUT2D eigenvalue weighted by molar-refractivity contribution is 0.319. The summed E-state index contributed by atoms with van der Waals surface area (Å²) in [5, 5.41) is 23.1. The summed E-state index contributed by atoms with van der Waals surface area (Å²) in [6.45, 7) is 2.02. The monoisotopic (exact) mass is 275 g/mol. The third-order valence-electron chi connectivity index (χ3n) is 2.94. The molecule has 0 aliphatic rings. The van der Waals surface area contributed by atoms with Crippen molar-refractivity contribution in [3.8, 4) is 5.75 Å². The molecule has 2 N–H and O–H groups in total. The van der Waals surface area contributed by atoms with Crippen molar-refractivity contribution in [1.29, 1.82) is 0 Å². The number of hydrogen-bond acceptors (Lipinski definition) is 3. The Morgan fingerprint density at radius 3 is 2.42 bits per heavy atom. The van der Waals surface area contributed by atoms with E-state index in [0.29, 0.717) is 21.9 Å². The van der Waals surface area contributed by atoms with Crippen LogP contribution in [0.3, 0.4) is 0 Å². The summed E-state index contributed by atoms with van der Waals surface area (Å²) in [5.74, 6) is 0.0833. The van der Waals surface area contributed by atoms with Crippen LogP contribution in [0.2, 0.25) is 5.02 Å². The number of halogens is 1. The zero-order valence-electron chi connectivity index (χ0n) is 10.5. The number of phenolic OH excluding ortho intramolecular Hbond substituents is 1. The van der Waals surface area contributed by atoms with E-state index in [1.807, 2.05) is 19.1 Å². The van der Waals surface area contributed by atoms with Gasteiger partial charge in [-0.3, -0.25) is 0 Å². The van der Waals surface area contributed by atoms with Gasteiger partial charge in [-0.15, -0.1) is 0 Å². The zero-order valence-corrected chi connectivity index (χ0v) is 11.2. The minimum Gasteiger partial charge on any atom is -0.507 e. The van der Waals surface area contributed by atoms with Crippen LogP contribution < -0.4 is 0 Å². The van der Waals surface area contributed by atoms with Gasteiger partial charge in [-0.25, -0.2) is 0 Å². The minimum absolute atomic E-state index is 0.0833. The lowest BCUT2D eigenvalue weighted by atomic mass is 9.99. The van der Waals surface area contributed by atoms with Crippen molar-refractivity contribution in [1.82, 2.24) is 0 Å². The van der Waals surface area contributed by atoms with Gasteiger partial charge in [-0.1, -0.05) is 41.9 Å². The second-order valence-electron chi connectivity index (χ2n) is 4.16. The summed E-state index contributed by atoms with van der Waals surface area (Å²) < 4.78 is 0. The van der Waals surface area contributed by atoms with Gasteiger partial charge in [-0.2, -0.15) is 0 Å². The Morgan fingerprint density at radius 2 is 1.84 bits per heavy atom. The molecule has 98 valence electrons. The maximum atomic E-state index is 9.93. The molecule has 0 saturated heterocycles. The summed E-state index contributed by atoms with van der Waals surface area (Å²) in [6.07, 6.45) is 0.840. The van der Waals surface area contributed by atoms with Crippen LogP contribution in [0.5, 0.6) is 5.75 Å². The van der Waals surface area contributed by atoms with Crippen LogP contribution in [-0.2, 0) is 6.42 Å². The molecule has 0 radical (unpaired) electrons. The van der Waals surface area contributed by atoms with Gasteiger partial charge >= 0.3 is 0 Å². The number of hydrogen-bond donors (Lipinski definition) is 2. The first-order chi connectivity index (χ1) is 9.15. The lowest BCUT2D eigenvalue weighted by Gasteiger charge is -2.09. The average Bonchev–Trinajstić information content (AvgIpc) is 2.43. The molecule has 0 aliphatic carbocycles. The van der Waals surface area contributed by atoms with Crippen molar-refractivity contribution in [2.75, 3.05) is 0 Å². The second-order valence-corrected chi connectivity index (χ2v) is 4.60. The number of rotatable bonds is 3. The quantitative estimate of drug-likeness (QED) is 0.508. The molecule has 4 heteroatoms. The van der Waals surface area contributed by atoms with Gasteiger partial charge in [0.25, 0.3) is 0 Å². The van der Waals surface area contributed by atoms with E-state index in [1.165, 1.54) is 0 Å². The fourth-order valence-corrected chi connectivity index (χ4v) is 1.99. The first kappa shape index (κ1) is 13.4. The van der Waals surface area contributed by atoms with Gasteiger partial charge in [-0.05, 0) is 36.2 Å². The number of nitrogens with zero attached hydrogens (tertiary/aromatic N) is 1. The van der Waals surface area contributed by atoms with Crippen LogP contribution in [0.25, 0.3) is 0 Å². The number of phenols is 1. The molecule has 0 spiro atoms. The fraction of sp³-hybridized carbons (Fsp3) is 0.133. The molecule has 2 aromatic rings. The average molecular weight is 276 g/mol. The summed E-state index contributed by atoms with van der Waals surface area (Å²) in [7, 11) is 0. The Labute approximate surface area is 116 Å². The highest BCUT2D eigenvalue weighted by Gasteiger charge is 2.13. The second kappa shape index (κ2) is 5.76. The molecule has 0 aliphatic heterocycles. The highest BCUT2D eigenvalue weighted by atomic mass is 35.5. The lowest BCUT2D eigenvalue weighted by Crippen LogP contribution is -2.04. The Morgan fingerprint density at radius 1 is 1.16 bits per heavy atom. The van der Waals surface area contributed by atoms with Gasteiger partial charge in [0, 0.05) is 16.1 Å². The molecular formula is C15H14ClNO2. The third kappa shape index (κ3) is 2.88. The van der Waals surface area contributed by atoms with E-state index in [9.17, 15) is 10.3 Å². The largest absolute Gasteiger partial charge is 0.507 e. The van der Waals surface area contributed by atoms with E-state index in [1.54, 1.807) is 30.3 Å². The Kier molecular flexibility index (Phi) is 4.07. The van der Waals surface area contributed by atoms with Crippen molar-refractivity contribution in [3.63, 3.8) is 0 Å². The normalized spacial score (nSPS) is 11.6. The van der Waals surface area contributed by atoms with Crippen LogP contribution in [-0.4, -0.2) is 16.0 Å². The number of aromatic hydroxyl groups is 1. The number of benzene rings is 2. The van der Waals surface area contributed by atoms with Crippen LogP contribution in [0.4, 0.5) is 0 Å². The molecule has 0 bridgehead atoms. The first-order valence-electron chi connectivity index (χ1n) is 5.96. The van der Waals surface area contributed by atoms with Gasteiger partial charge in [0.05, 0.1) is 0 Å². The minimum atomic E-state index is 0.0833. The molecule has 0 atom stereocenters. The fourth-order valence-electron chi connectivity index (χ4n) is 1.87. The number of aryl methyl sites for hydroxylation is 1. The molecule has 0 saturated carbocycles. The third-order valence-corrected chi connectivity index (χ3v) is 3.19. The predicted octanol–water partition coefficient (Wildman–Crippen LogP) is 3.83. The van der Waals surface area contributed by atoms with Gasteiger partial charge in [0.1, 0.15) is 11.5 Å². The Hall–Kier alpha value is -2.00. The van der Waals surface area contributed by atoms with E-state index < -0.39 is 0 Å². The SMILES string of the molecule is CCc1ccc(O)c(/C(=N\O)c2ccc(Cl)cc2)c1. The van der Waals surface area contributed by atoms with Crippen molar-refractivity contribution in [2.24, 2.45) is 5.16 Å². The smallest absolute Gasteiger partial charge is 0.125 e. The molecule has 0 unspecified atom stereocenters. The molecule has 2 aromatic carbocycles. The van der Waals surface area contributed by atoms with E-state index in [0.717, 1.165) is 12.0 Å². The summed E-state index contributed by atoms with van der Waals surface area (Å²) in [5.41, 5.74) is 2.58. The van der Waals surface area contributed by atoms with Crippen molar-refractivity contribution in [3.05, 3.63) is 64.2 Å². The summed E-state index contributed by atoms with van der Waals surface area (Å²) in [6, 6.07) is 12.2. The molecule has 2 rings (SSSR count). The van der Waals surface area contributed by atoms with Crippen LogP contribution in [0.15, 0.2) is 47.6 Å². The maximum Gasteiger partial charge on any atom is 0.125 e. The topological polar surface area (TPSA) is 52.8 Å². The van der Waals surface area contributed by atoms with Crippen molar-refractivity contribution < 1.29 is 10.3 Å². The van der Waals surface area contributed by atoms with Gasteiger partial charge in [0.15, 0.2) is 0 Å². The predicted molar refractivity (Wildman–Crippen MR) is 76.4 cm³/mol. The first-order valence-corrected chi connectivity index (χ1v) is 6.33. The number of oxime groups is 1. The molecule has 0 fully saturated rings. The van der Waals surface area contributed by atoms with Crippen molar-refractivity contribution in [2.45, 2.75) is 13.3 Å². The van der Waals surface area contributed by atoms with Crippen LogP contribution >= 0.6 is 11.6 Å². The molecular weight excluding hydrogens is 262 g/mol. The highest BCUT2D eigenvalue weighted by molar-refractivity contribution is 6.30. The van der Waals surface area contributed by atoms with Crippen molar-refractivity contribution >= 4 is 17.3 Å². The molecule has 19 heavy (non-hydrogen) atoms. The maximum absolute atomic E-state index is 9.93. The zero-order chi connectivity index (χ0) is 13.8. The Bertz CT molecular complexity index is 606. The van der Waals surface area contributed by atoms with E-state index >= 15 is 0 Å². The van der Waals surface area contributed by atoms with Crippen LogP contribution in [0.1, 0.15) is 23.6 Å².